The standard InChI is InChI=1S/C12H8N3O2S/c13-14-9-1-5-11(6-2-9)18-12-7-3-10(4-8-12)15(16)17/h1-8H/q+1. The SMILES string of the molecule is N#[N+]c1ccc(Sc2ccc([N+](=O)[O-])cc2)cc1. The number of nitro groups is 1. The second-order valence-corrected chi connectivity index (χ2v) is 4.59. The lowest BCUT2D eigenvalue weighted by atomic mass is 10.3. The van der Waals surface area contributed by atoms with Crippen LogP contribution in [0.5, 0.6) is 0 Å². The van der Waals surface area contributed by atoms with Crippen LogP contribution in [-0.2, 0) is 0 Å². The van der Waals surface area contributed by atoms with E-state index in [0.29, 0.717) is 5.69 Å². The molecule has 0 heterocycles. The highest BCUT2D eigenvalue weighted by molar-refractivity contribution is 7.99. The van der Waals surface area contributed by atoms with Gasteiger partial charge in [-0.3, -0.25) is 10.1 Å². The Labute approximate surface area is 107 Å². The zero-order chi connectivity index (χ0) is 13.0. The zero-order valence-corrected chi connectivity index (χ0v) is 10.0. The van der Waals surface area contributed by atoms with Crippen molar-refractivity contribution in [2.75, 3.05) is 0 Å². The van der Waals surface area contributed by atoms with Crippen molar-refractivity contribution in [1.29, 1.82) is 5.39 Å². The first-order valence-corrected chi connectivity index (χ1v) is 5.88. The maximum Gasteiger partial charge on any atom is 0.385 e. The predicted molar refractivity (Wildman–Crippen MR) is 68.4 cm³/mol. The summed E-state index contributed by atoms with van der Waals surface area (Å²) in [6, 6.07) is 13.4. The van der Waals surface area contributed by atoms with Gasteiger partial charge in [0.05, 0.1) is 4.92 Å². The molecule has 0 spiro atoms. The molecule has 88 valence electrons. The van der Waals surface area contributed by atoms with Gasteiger partial charge in [-0.15, -0.1) is 0 Å². The number of non-ortho nitro benzene ring substituents is 1. The minimum atomic E-state index is -0.425. The molecule has 0 saturated heterocycles. The summed E-state index contributed by atoms with van der Waals surface area (Å²) in [6.07, 6.45) is 0. The molecule has 0 aliphatic heterocycles. The molecule has 6 heteroatoms. The number of hydrogen-bond donors (Lipinski definition) is 0. The molecule has 0 aliphatic rings. The van der Waals surface area contributed by atoms with Crippen LogP contribution in [0.3, 0.4) is 0 Å². The molecular weight excluding hydrogens is 250 g/mol. The number of diazo groups is 1. The first kappa shape index (κ1) is 12.1. The lowest BCUT2D eigenvalue weighted by molar-refractivity contribution is -0.384. The Kier molecular flexibility index (Phi) is 3.55. The van der Waals surface area contributed by atoms with Gasteiger partial charge in [0.1, 0.15) is 0 Å². The quantitative estimate of drug-likeness (QED) is 0.469. The van der Waals surface area contributed by atoms with Gasteiger partial charge < -0.3 is 0 Å². The smallest absolute Gasteiger partial charge is 0.258 e. The number of nitrogens with zero attached hydrogens (tertiary/aromatic N) is 3. The molecule has 5 nitrogen and oxygen atoms in total. The lowest BCUT2D eigenvalue weighted by Crippen LogP contribution is -1.86. The first-order chi connectivity index (χ1) is 8.69. The molecule has 0 bridgehead atoms. The van der Waals surface area contributed by atoms with Gasteiger partial charge in [0.15, 0.2) is 4.98 Å². The maximum atomic E-state index is 10.5. The lowest BCUT2D eigenvalue weighted by Gasteiger charge is -1.99. The molecule has 0 aromatic heterocycles. The molecule has 2 aromatic carbocycles. The van der Waals surface area contributed by atoms with E-state index >= 15 is 0 Å². The predicted octanol–water partition coefficient (Wildman–Crippen LogP) is 4.23. The highest BCUT2D eigenvalue weighted by Crippen LogP contribution is 2.30. The molecule has 0 N–H and O–H groups in total. The summed E-state index contributed by atoms with van der Waals surface area (Å²) in [6.45, 7) is 0. The summed E-state index contributed by atoms with van der Waals surface area (Å²) in [4.78, 5) is 15.0. The third-order valence-corrected chi connectivity index (χ3v) is 3.25. The summed E-state index contributed by atoms with van der Waals surface area (Å²) < 4.78 is 0. The van der Waals surface area contributed by atoms with E-state index in [1.54, 1.807) is 24.3 Å². The third kappa shape index (κ3) is 2.84. The maximum absolute atomic E-state index is 10.5. The fourth-order valence-corrected chi connectivity index (χ4v) is 2.17. The minimum Gasteiger partial charge on any atom is -0.258 e. The number of rotatable bonds is 3. The number of benzene rings is 2. The highest BCUT2D eigenvalue weighted by Gasteiger charge is 2.06. The van der Waals surface area contributed by atoms with Gasteiger partial charge in [-0.2, -0.15) is 0 Å². The molecule has 0 unspecified atom stereocenters. The van der Waals surface area contributed by atoms with Crippen LogP contribution in [0.4, 0.5) is 11.4 Å². The van der Waals surface area contributed by atoms with Gasteiger partial charge in [0.2, 0.25) is 5.39 Å². The Morgan fingerprint density at radius 2 is 1.50 bits per heavy atom. The molecule has 0 radical (unpaired) electrons. The van der Waals surface area contributed by atoms with Crippen molar-refractivity contribution in [1.82, 2.24) is 0 Å². The average Bonchev–Trinajstić information content (AvgIpc) is 2.40. The summed E-state index contributed by atoms with van der Waals surface area (Å²) >= 11 is 1.48. The molecule has 0 saturated carbocycles. The minimum absolute atomic E-state index is 0.0776. The van der Waals surface area contributed by atoms with Crippen LogP contribution in [0, 0.1) is 15.5 Å². The van der Waals surface area contributed by atoms with Crippen molar-refractivity contribution in [2.24, 2.45) is 0 Å². The zero-order valence-electron chi connectivity index (χ0n) is 9.19. The van der Waals surface area contributed by atoms with E-state index in [4.69, 9.17) is 5.39 Å². The van der Waals surface area contributed by atoms with Crippen LogP contribution in [0.2, 0.25) is 0 Å². The largest absolute Gasteiger partial charge is 0.385 e. The molecular formula is C12H8N3O2S+. The normalized spacial score (nSPS) is 9.72. The third-order valence-electron chi connectivity index (χ3n) is 2.24. The second kappa shape index (κ2) is 5.29. The molecule has 0 fully saturated rings. The van der Waals surface area contributed by atoms with Crippen molar-refractivity contribution >= 4 is 23.1 Å². The first-order valence-electron chi connectivity index (χ1n) is 5.06. The molecule has 2 rings (SSSR count). The van der Waals surface area contributed by atoms with Crippen LogP contribution in [0.25, 0.3) is 4.98 Å². The number of nitro benzene ring substituents is 1. The van der Waals surface area contributed by atoms with Crippen LogP contribution in [0.1, 0.15) is 0 Å². The Morgan fingerprint density at radius 1 is 1.00 bits per heavy atom. The Hall–Kier alpha value is -2.39. The molecule has 0 aliphatic carbocycles. The summed E-state index contributed by atoms with van der Waals surface area (Å²) in [5.41, 5.74) is 0.567. The molecule has 2 aromatic rings. The number of hydrogen-bond acceptors (Lipinski definition) is 4. The Balaban J connectivity index is 2.13. The summed E-state index contributed by atoms with van der Waals surface area (Å²) in [7, 11) is 0. The van der Waals surface area contributed by atoms with Crippen LogP contribution in [0.15, 0.2) is 58.3 Å². The van der Waals surface area contributed by atoms with Crippen molar-refractivity contribution in [3.8, 4) is 0 Å². The van der Waals surface area contributed by atoms with Crippen molar-refractivity contribution in [3.05, 3.63) is 63.6 Å². The monoisotopic (exact) mass is 258 g/mol. The Bertz CT molecular complexity index is 603. The van der Waals surface area contributed by atoms with E-state index < -0.39 is 4.92 Å². The van der Waals surface area contributed by atoms with E-state index in [1.807, 2.05) is 12.1 Å². The fourth-order valence-electron chi connectivity index (χ4n) is 1.35. The summed E-state index contributed by atoms with van der Waals surface area (Å²) in [5.74, 6) is 0. The fraction of sp³-hybridized carbons (Fsp3) is 0. The molecule has 0 atom stereocenters. The average molecular weight is 258 g/mol. The van der Waals surface area contributed by atoms with Crippen LogP contribution in [-0.4, -0.2) is 4.92 Å². The highest BCUT2D eigenvalue weighted by atomic mass is 32.2. The van der Waals surface area contributed by atoms with Gasteiger partial charge >= 0.3 is 5.69 Å². The van der Waals surface area contributed by atoms with Gasteiger partial charge in [-0.05, 0) is 24.3 Å². The van der Waals surface area contributed by atoms with Gasteiger partial charge in [0.25, 0.3) is 5.69 Å². The molecule has 0 amide bonds. The van der Waals surface area contributed by atoms with E-state index in [-0.39, 0.29) is 5.69 Å². The van der Waals surface area contributed by atoms with Crippen LogP contribution < -0.4 is 0 Å². The van der Waals surface area contributed by atoms with Crippen molar-refractivity contribution in [3.63, 3.8) is 0 Å². The van der Waals surface area contributed by atoms with Gasteiger partial charge in [-0.25, -0.2) is 0 Å². The van der Waals surface area contributed by atoms with Crippen molar-refractivity contribution < 1.29 is 4.92 Å². The molecule has 18 heavy (non-hydrogen) atoms. The second-order valence-electron chi connectivity index (χ2n) is 3.45. The van der Waals surface area contributed by atoms with Crippen LogP contribution >= 0.6 is 11.8 Å². The van der Waals surface area contributed by atoms with E-state index in [0.717, 1.165) is 9.79 Å². The van der Waals surface area contributed by atoms with E-state index in [9.17, 15) is 10.1 Å². The van der Waals surface area contributed by atoms with Gasteiger partial charge in [-0.1, -0.05) is 11.8 Å². The summed E-state index contributed by atoms with van der Waals surface area (Å²) in [5, 5.41) is 19.1. The van der Waals surface area contributed by atoms with Crippen molar-refractivity contribution in [2.45, 2.75) is 9.79 Å². The topological polar surface area (TPSA) is 71.3 Å². The van der Waals surface area contributed by atoms with E-state index in [1.165, 1.54) is 23.9 Å². The van der Waals surface area contributed by atoms with Gasteiger partial charge in [0, 0.05) is 34.1 Å². The van der Waals surface area contributed by atoms with E-state index in [2.05, 4.69) is 4.98 Å². The Morgan fingerprint density at radius 3 is 1.94 bits per heavy atom.